The summed E-state index contributed by atoms with van der Waals surface area (Å²) in [6.45, 7) is 0.822. The van der Waals surface area contributed by atoms with E-state index in [2.05, 4.69) is 0 Å². The fourth-order valence-corrected chi connectivity index (χ4v) is 2.79. The highest BCUT2D eigenvalue weighted by Gasteiger charge is 2.46. The molecular formula is C12H12F3NO3S. The second-order valence-corrected chi connectivity index (χ2v) is 6.45. The van der Waals surface area contributed by atoms with Crippen molar-refractivity contribution in [3.05, 3.63) is 24.3 Å². The number of Topliss-reactive ketones (excluding diaryl/α,β-unsaturated/α-hetero) is 1. The average Bonchev–Trinajstić information content (AvgIpc) is 2.37. The highest BCUT2D eigenvalue weighted by Crippen LogP contribution is 2.31. The number of benzene rings is 1. The zero-order valence-corrected chi connectivity index (χ0v) is 11.2. The molecular weight excluding hydrogens is 295 g/mol. The Morgan fingerprint density at radius 1 is 1.10 bits per heavy atom. The van der Waals surface area contributed by atoms with Gasteiger partial charge in [-0.3, -0.25) is 4.79 Å². The van der Waals surface area contributed by atoms with Crippen molar-refractivity contribution in [2.75, 3.05) is 18.0 Å². The quantitative estimate of drug-likeness (QED) is 0.840. The van der Waals surface area contributed by atoms with E-state index >= 15 is 0 Å². The minimum Gasteiger partial charge on any atom is -0.364 e. The van der Waals surface area contributed by atoms with Crippen molar-refractivity contribution in [3.63, 3.8) is 0 Å². The minimum atomic E-state index is -5.32. The smallest absolute Gasteiger partial charge is 0.364 e. The number of alkyl halides is 3. The van der Waals surface area contributed by atoms with Crippen LogP contribution in [0.1, 0.15) is 12.8 Å². The molecule has 20 heavy (non-hydrogen) atoms. The molecule has 0 unspecified atom stereocenters. The molecule has 0 aliphatic carbocycles. The van der Waals surface area contributed by atoms with E-state index in [1.54, 1.807) is 4.90 Å². The summed E-state index contributed by atoms with van der Waals surface area (Å²) in [5.74, 6) is 0.0586. The molecule has 1 saturated heterocycles. The van der Waals surface area contributed by atoms with E-state index < -0.39 is 20.2 Å². The van der Waals surface area contributed by atoms with E-state index in [4.69, 9.17) is 0 Å². The largest absolute Gasteiger partial charge is 0.501 e. The molecule has 1 aromatic rings. The van der Waals surface area contributed by atoms with Gasteiger partial charge in [-0.15, -0.1) is 0 Å². The number of carbonyl (C=O) groups is 1. The Balaban J connectivity index is 2.25. The molecule has 0 N–H and O–H groups in total. The maximum absolute atomic E-state index is 12.4. The zero-order valence-electron chi connectivity index (χ0n) is 10.4. The van der Waals surface area contributed by atoms with E-state index in [-0.39, 0.29) is 12.3 Å². The van der Waals surface area contributed by atoms with Crippen molar-refractivity contribution >= 4 is 21.3 Å². The van der Waals surface area contributed by atoms with Crippen LogP contribution in [-0.2, 0) is 14.6 Å². The third-order valence-corrected chi connectivity index (χ3v) is 4.57. The van der Waals surface area contributed by atoms with Crippen LogP contribution in [0.2, 0.25) is 0 Å². The van der Waals surface area contributed by atoms with Gasteiger partial charge >= 0.3 is 5.51 Å². The molecule has 1 aliphatic rings. The number of ketones is 1. The van der Waals surface area contributed by atoms with Gasteiger partial charge in [0.2, 0.25) is 0 Å². The number of carbonyl (C=O) groups excluding carboxylic acids is 1. The number of sulfone groups is 1. The van der Waals surface area contributed by atoms with Crippen molar-refractivity contribution in [2.24, 2.45) is 0 Å². The predicted octanol–water partition coefficient (Wildman–Crippen LogP) is 2.15. The number of nitrogens with zero attached hydrogens (tertiary/aromatic N) is 1. The Bertz CT molecular complexity index is 608. The predicted molar refractivity (Wildman–Crippen MR) is 66.1 cm³/mol. The molecule has 8 heteroatoms. The van der Waals surface area contributed by atoms with Crippen LogP contribution in [0.15, 0.2) is 29.2 Å². The highest BCUT2D eigenvalue weighted by molar-refractivity contribution is 7.92. The van der Waals surface area contributed by atoms with Gasteiger partial charge in [-0.25, -0.2) is 8.42 Å². The lowest BCUT2D eigenvalue weighted by molar-refractivity contribution is -0.118. The Morgan fingerprint density at radius 2 is 1.70 bits per heavy atom. The Kier molecular flexibility index (Phi) is 3.77. The summed E-state index contributed by atoms with van der Waals surface area (Å²) in [7, 11) is -5.32. The first-order chi connectivity index (χ1) is 9.22. The van der Waals surface area contributed by atoms with E-state index in [9.17, 15) is 26.4 Å². The topological polar surface area (TPSA) is 54.5 Å². The fraction of sp³-hybridized carbons (Fsp3) is 0.417. The number of anilines is 1. The molecule has 1 heterocycles. The first-order valence-electron chi connectivity index (χ1n) is 5.90. The van der Waals surface area contributed by atoms with Gasteiger partial charge in [0.1, 0.15) is 0 Å². The van der Waals surface area contributed by atoms with Gasteiger partial charge in [0.25, 0.3) is 9.84 Å². The monoisotopic (exact) mass is 307 g/mol. The molecule has 0 spiro atoms. The lowest BCUT2D eigenvalue weighted by Gasteiger charge is -2.27. The molecule has 2 rings (SSSR count). The van der Waals surface area contributed by atoms with Crippen LogP contribution in [0.4, 0.5) is 18.9 Å². The van der Waals surface area contributed by atoms with Crippen LogP contribution in [0, 0.1) is 0 Å². The summed E-state index contributed by atoms with van der Waals surface area (Å²) >= 11 is 0. The molecule has 0 amide bonds. The van der Waals surface area contributed by atoms with Crippen molar-refractivity contribution < 1.29 is 26.4 Å². The second-order valence-electron chi connectivity index (χ2n) is 4.51. The Labute approximate surface area is 114 Å². The minimum absolute atomic E-state index is 0.0586. The van der Waals surface area contributed by atoms with Gasteiger partial charge in [0.15, 0.2) is 5.78 Å². The number of hydrogen-bond donors (Lipinski definition) is 0. The van der Waals surface area contributed by atoms with Gasteiger partial charge in [-0.05, 0) is 30.7 Å². The van der Waals surface area contributed by atoms with Crippen LogP contribution in [0.5, 0.6) is 0 Å². The normalized spacial score (nSPS) is 17.4. The fourth-order valence-electron chi connectivity index (χ4n) is 2.03. The summed E-state index contributed by atoms with van der Waals surface area (Å²) in [6.07, 6.45) is 1.18. The lowest BCUT2D eigenvalue weighted by atomic mass is 10.1. The summed E-state index contributed by atoms with van der Waals surface area (Å²) in [5, 5.41) is 0. The molecule has 0 radical (unpaired) electrons. The van der Waals surface area contributed by atoms with E-state index in [1.807, 2.05) is 0 Å². The number of halogens is 3. The summed E-state index contributed by atoms with van der Waals surface area (Å²) < 4.78 is 59.5. The Morgan fingerprint density at radius 3 is 2.20 bits per heavy atom. The molecule has 1 aromatic carbocycles. The van der Waals surface area contributed by atoms with E-state index in [1.165, 1.54) is 12.1 Å². The molecule has 0 aromatic heterocycles. The third kappa shape index (κ3) is 2.79. The number of rotatable bonds is 2. The third-order valence-electron chi connectivity index (χ3n) is 3.07. The van der Waals surface area contributed by atoms with Crippen molar-refractivity contribution in [2.45, 2.75) is 23.2 Å². The molecule has 0 saturated carbocycles. The van der Waals surface area contributed by atoms with Gasteiger partial charge in [-0.2, -0.15) is 13.2 Å². The first-order valence-corrected chi connectivity index (χ1v) is 7.38. The van der Waals surface area contributed by atoms with Crippen LogP contribution in [-0.4, -0.2) is 32.8 Å². The summed E-state index contributed by atoms with van der Waals surface area (Å²) in [6, 6.07) is 4.41. The highest BCUT2D eigenvalue weighted by atomic mass is 32.2. The number of piperidine rings is 1. The lowest BCUT2D eigenvalue weighted by Crippen LogP contribution is -2.35. The molecule has 4 nitrogen and oxygen atoms in total. The molecule has 1 fully saturated rings. The van der Waals surface area contributed by atoms with Crippen molar-refractivity contribution in [3.8, 4) is 0 Å². The van der Waals surface area contributed by atoms with Gasteiger partial charge < -0.3 is 4.90 Å². The van der Waals surface area contributed by atoms with Crippen LogP contribution < -0.4 is 4.90 Å². The van der Waals surface area contributed by atoms with Crippen LogP contribution in [0.3, 0.4) is 0 Å². The zero-order chi connectivity index (χ0) is 15.0. The van der Waals surface area contributed by atoms with E-state index in [0.717, 1.165) is 12.1 Å². The van der Waals surface area contributed by atoms with Crippen LogP contribution in [0.25, 0.3) is 0 Å². The molecule has 110 valence electrons. The van der Waals surface area contributed by atoms with Gasteiger partial charge in [0.05, 0.1) is 11.4 Å². The summed E-state index contributed by atoms with van der Waals surface area (Å²) in [4.78, 5) is 12.2. The van der Waals surface area contributed by atoms with Gasteiger partial charge in [-0.1, -0.05) is 0 Å². The van der Waals surface area contributed by atoms with Crippen molar-refractivity contribution in [1.82, 2.24) is 0 Å². The SMILES string of the molecule is O=C1CCCN(c2ccc(S(=O)(=O)C(F)(F)F)cc2)C1. The van der Waals surface area contributed by atoms with Crippen LogP contribution >= 0.6 is 0 Å². The molecule has 0 bridgehead atoms. The van der Waals surface area contributed by atoms with Crippen molar-refractivity contribution in [1.29, 1.82) is 0 Å². The summed E-state index contributed by atoms with van der Waals surface area (Å²) in [5.41, 5.74) is -4.77. The molecule has 0 atom stereocenters. The van der Waals surface area contributed by atoms with E-state index in [0.29, 0.717) is 25.1 Å². The maximum atomic E-state index is 12.4. The first kappa shape index (κ1) is 14.8. The second kappa shape index (κ2) is 5.08. The number of hydrogen-bond acceptors (Lipinski definition) is 4. The standard InChI is InChI=1S/C12H12F3NO3S/c13-12(14,15)20(18,19)11-5-3-9(4-6-11)16-7-1-2-10(17)8-16/h3-6H,1-2,7-8H2. The molecule has 1 aliphatic heterocycles. The maximum Gasteiger partial charge on any atom is 0.501 e. The average molecular weight is 307 g/mol. The van der Waals surface area contributed by atoms with Gasteiger partial charge in [0, 0.05) is 18.7 Å². The Hall–Kier alpha value is -1.57.